The van der Waals surface area contributed by atoms with Crippen LogP contribution >= 0.6 is 7.82 Å². The minimum Gasteiger partial charge on any atom is -0.756 e. The third-order valence-electron chi connectivity index (χ3n) is 9.45. The van der Waals surface area contributed by atoms with Crippen LogP contribution in [0.3, 0.4) is 0 Å². The summed E-state index contributed by atoms with van der Waals surface area (Å²) in [6.45, 7) is 4.69. The topological polar surface area (TPSA) is 94.1 Å². The smallest absolute Gasteiger partial charge is 0.306 e. The highest BCUT2D eigenvalue weighted by Crippen LogP contribution is 2.38. The summed E-state index contributed by atoms with van der Waals surface area (Å²) in [5.41, 5.74) is 0. The summed E-state index contributed by atoms with van der Waals surface area (Å²) in [7, 11) is 1.31. The summed E-state index contributed by atoms with van der Waals surface area (Å²) < 4.78 is 34.3. The van der Waals surface area contributed by atoms with Crippen molar-refractivity contribution in [2.45, 2.75) is 193 Å². The average Bonchev–Trinajstić information content (AvgIpc) is 3.13. The molecule has 0 spiro atoms. The van der Waals surface area contributed by atoms with Crippen LogP contribution in [-0.2, 0) is 27.9 Å². The van der Waals surface area contributed by atoms with E-state index in [4.69, 9.17) is 18.5 Å². The van der Waals surface area contributed by atoms with Gasteiger partial charge in [-0.2, -0.15) is 0 Å². The van der Waals surface area contributed by atoms with Crippen molar-refractivity contribution >= 4 is 13.8 Å². The number of phosphoric acid groups is 1. The van der Waals surface area contributed by atoms with Crippen LogP contribution < -0.4 is 4.89 Å². The molecule has 0 aromatic heterocycles. The fourth-order valence-electron chi connectivity index (χ4n) is 5.93. The van der Waals surface area contributed by atoms with Crippen LogP contribution in [0.25, 0.3) is 0 Å². The van der Waals surface area contributed by atoms with E-state index in [1.165, 1.54) is 109 Å². The first kappa shape index (κ1) is 53.3. The van der Waals surface area contributed by atoms with Gasteiger partial charge in [0, 0.05) is 6.42 Å². The number of unbranched alkanes of at least 4 members (excludes halogenated alkanes) is 21. The summed E-state index contributed by atoms with van der Waals surface area (Å²) in [6.07, 6.45) is 47.8. The molecule has 9 heteroatoms. The predicted octanol–water partition coefficient (Wildman–Crippen LogP) is 12.9. The molecule has 0 radical (unpaired) electrons. The summed E-state index contributed by atoms with van der Waals surface area (Å²) in [6, 6.07) is 0. The van der Waals surface area contributed by atoms with Crippen molar-refractivity contribution in [2.75, 3.05) is 47.5 Å². The molecule has 0 aliphatic heterocycles. The van der Waals surface area contributed by atoms with Crippen molar-refractivity contribution in [3.8, 4) is 0 Å². The van der Waals surface area contributed by atoms with E-state index in [1.807, 2.05) is 27.2 Å². The van der Waals surface area contributed by atoms with E-state index in [2.05, 4.69) is 50.3 Å². The number of phosphoric ester groups is 1. The lowest BCUT2D eigenvalue weighted by Crippen LogP contribution is -2.37. The number of carbonyl (C=O) groups is 1. The van der Waals surface area contributed by atoms with Crippen molar-refractivity contribution in [1.29, 1.82) is 0 Å². The third-order valence-corrected chi connectivity index (χ3v) is 10.4. The fourth-order valence-corrected chi connectivity index (χ4v) is 6.66. The Morgan fingerprint density at radius 1 is 0.582 bits per heavy atom. The Bertz CT molecular complexity index is 1020. The monoisotopic (exact) mass is 796 g/mol. The van der Waals surface area contributed by atoms with E-state index < -0.39 is 13.9 Å². The van der Waals surface area contributed by atoms with Crippen LogP contribution in [0.4, 0.5) is 0 Å². The Morgan fingerprint density at radius 2 is 1.02 bits per heavy atom. The molecule has 0 rings (SSSR count). The summed E-state index contributed by atoms with van der Waals surface area (Å²) in [4.78, 5) is 25.0. The van der Waals surface area contributed by atoms with Crippen LogP contribution in [0.2, 0.25) is 0 Å². The third kappa shape index (κ3) is 43.3. The number of nitrogens with zero attached hydrogens (tertiary/aromatic N) is 1. The van der Waals surface area contributed by atoms with E-state index >= 15 is 0 Å². The van der Waals surface area contributed by atoms with Gasteiger partial charge in [0.15, 0.2) is 6.10 Å². The molecule has 0 bridgehead atoms. The van der Waals surface area contributed by atoms with Gasteiger partial charge >= 0.3 is 5.97 Å². The molecule has 0 saturated heterocycles. The highest BCUT2D eigenvalue weighted by atomic mass is 31.2. The molecule has 0 fully saturated rings. The SMILES string of the molecule is CCCCC/C=C\C/C=C\C/C=C\CCCCCCC(=O)O[C@H](CO/C=C\CCCCCCCCCCCCCCCC)COP(=O)([O-])OCC[N+](C)(C)C. The second-order valence-electron chi connectivity index (χ2n) is 16.1. The van der Waals surface area contributed by atoms with Gasteiger partial charge in [-0.25, -0.2) is 0 Å². The molecule has 1 unspecified atom stereocenters. The fraction of sp³-hybridized carbons (Fsp3) is 0.804. The first-order valence-electron chi connectivity index (χ1n) is 22.4. The number of hydrogen-bond acceptors (Lipinski definition) is 7. The van der Waals surface area contributed by atoms with Crippen LogP contribution in [-0.4, -0.2) is 64.1 Å². The Balaban J connectivity index is 4.33. The Hall–Kier alpha value is -1.70. The number of ether oxygens (including phenoxy) is 2. The Morgan fingerprint density at radius 3 is 1.55 bits per heavy atom. The van der Waals surface area contributed by atoms with Crippen molar-refractivity contribution in [1.82, 2.24) is 0 Å². The number of esters is 1. The van der Waals surface area contributed by atoms with Crippen LogP contribution in [0.15, 0.2) is 48.8 Å². The maximum atomic E-state index is 12.7. The van der Waals surface area contributed by atoms with E-state index in [-0.39, 0.29) is 32.2 Å². The quantitative estimate of drug-likeness (QED) is 0.0152. The van der Waals surface area contributed by atoms with Crippen molar-refractivity contribution < 1.29 is 37.3 Å². The molecule has 8 nitrogen and oxygen atoms in total. The van der Waals surface area contributed by atoms with Crippen LogP contribution in [0.1, 0.15) is 187 Å². The molecule has 0 aromatic carbocycles. The number of quaternary nitrogens is 1. The van der Waals surface area contributed by atoms with Crippen LogP contribution in [0.5, 0.6) is 0 Å². The molecule has 0 aliphatic rings. The average molecular weight is 796 g/mol. The molecule has 322 valence electrons. The Kier molecular flexibility index (Phi) is 37.9. The minimum absolute atomic E-state index is 0.0110. The highest BCUT2D eigenvalue weighted by Gasteiger charge is 2.20. The lowest BCUT2D eigenvalue weighted by Gasteiger charge is -2.28. The number of rotatable bonds is 41. The van der Waals surface area contributed by atoms with Gasteiger partial charge < -0.3 is 27.9 Å². The Labute approximate surface area is 339 Å². The molecule has 0 heterocycles. The number of carbonyl (C=O) groups excluding carboxylic acids is 1. The zero-order valence-electron chi connectivity index (χ0n) is 36.4. The predicted molar refractivity (Wildman–Crippen MR) is 231 cm³/mol. The van der Waals surface area contributed by atoms with Gasteiger partial charge in [-0.1, -0.05) is 159 Å². The molecular formula is C46H86NO7P. The molecule has 0 aromatic rings. The van der Waals surface area contributed by atoms with Gasteiger partial charge in [0.25, 0.3) is 7.82 Å². The van der Waals surface area contributed by atoms with E-state index in [0.717, 1.165) is 57.8 Å². The van der Waals surface area contributed by atoms with Gasteiger partial charge in [-0.15, -0.1) is 0 Å². The lowest BCUT2D eigenvalue weighted by atomic mass is 10.0. The number of likely N-dealkylation sites (N-methyl/N-ethyl adjacent to an activating group) is 1. The van der Waals surface area contributed by atoms with E-state index in [9.17, 15) is 14.3 Å². The molecule has 2 atom stereocenters. The highest BCUT2D eigenvalue weighted by molar-refractivity contribution is 7.45. The molecule has 0 saturated carbocycles. The maximum absolute atomic E-state index is 12.7. The summed E-state index contributed by atoms with van der Waals surface area (Å²) in [5.74, 6) is -0.377. The molecule has 0 aliphatic carbocycles. The van der Waals surface area contributed by atoms with Gasteiger partial charge in [0.05, 0.1) is 34.0 Å². The number of allylic oxidation sites excluding steroid dienone is 7. The largest absolute Gasteiger partial charge is 0.756 e. The first-order chi connectivity index (χ1) is 26.6. The van der Waals surface area contributed by atoms with Crippen molar-refractivity contribution in [2.24, 2.45) is 0 Å². The summed E-state index contributed by atoms with van der Waals surface area (Å²) in [5, 5.41) is 0. The second kappa shape index (κ2) is 39.1. The van der Waals surface area contributed by atoms with Gasteiger partial charge in [-0.05, 0) is 63.9 Å². The molecule has 0 amide bonds. The van der Waals surface area contributed by atoms with Crippen LogP contribution in [0, 0.1) is 0 Å². The lowest BCUT2D eigenvalue weighted by molar-refractivity contribution is -0.870. The maximum Gasteiger partial charge on any atom is 0.306 e. The van der Waals surface area contributed by atoms with Gasteiger partial charge in [0.2, 0.25) is 0 Å². The first-order valence-corrected chi connectivity index (χ1v) is 23.9. The van der Waals surface area contributed by atoms with E-state index in [1.54, 1.807) is 6.26 Å². The molecular weight excluding hydrogens is 709 g/mol. The normalized spacial score (nSPS) is 14.1. The zero-order chi connectivity index (χ0) is 40.6. The number of hydrogen-bond donors (Lipinski definition) is 0. The van der Waals surface area contributed by atoms with Gasteiger partial charge in [0.1, 0.15) is 19.8 Å². The zero-order valence-corrected chi connectivity index (χ0v) is 37.3. The molecule has 55 heavy (non-hydrogen) atoms. The standard InChI is InChI=1S/C46H86NO7P/c1-6-8-10-12-14-16-18-20-22-24-25-27-29-31-33-35-37-39-46(48)54-45(44-53-55(49,50)52-42-40-47(3,4)5)43-51-41-38-36-34-32-30-28-26-23-21-19-17-15-13-11-9-7-2/h14,16,20,22,25,27,38,41,45H,6-13,15,17-19,21,23-24,26,28-37,39-40,42-44H2,1-5H3/b16-14-,22-20-,27-25-,41-38-/t45-/m1/s1. The second-order valence-corrected chi connectivity index (χ2v) is 17.5. The van der Waals surface area contributed by atoms with Crippen molar-refractivity contribution in [3.05, 3.63) is 48.8 Å². The summed E-state index contributed by atoms with van der Waals surface area (Å²) >= 11 is 0. The van der Waals surface area contributed by atoms with Gasteiger partial charge in [-0.3, -0.25) is 9.36 Å². The minimum atomic E-state index is -4.55. The molecule has 0 N–H and O–H groups in total. The van der Waals surface area contributed by atoms with E-state index in [0.29, 0.717) is 11.0 Å². The van der Waals surface area contributed by atoms with Crippen molar-refractivity contribution in [3.63, 3.8) is 0 Å².